The fourth-order valence-corrected chi connectivity index (χ4v) is 3.51. The summed E-state index contributed by atoms with van der Waals surface area (Å²) >= 11 is 0. The molecule has 0 saturated heterocycles. The number of rotatable bonds is 7. The quantitative estimate of drug-likeness (QED) is 0.612. The summed E-state index contributed by atoms with van der Waals surface area (Å²) in [6.07, 6.45) is 0. The molecule has 0 aliphatic rings. The summed E-state index contributed by atoms with van der Waals surface area (Å²) in [6.45, 7) is 4.08. The van der Waals surface area contributed by atoms with E-state index in [2.05, 4.69) is 5.32 Å². The first kappa shape index (κ1) is 20.8. The predicted octanol–water partition coefficient (Wildman–Crippen LogP) is 4.32. The van der Waals surface area contributed by atoms with Crippen LogP contribution in [0.5, 0.6) is 5.75 Å². The zero-order valence-corrected chi connectivity index (χ0v) is 16.5. The van der Waals surface area contributed by atoms with E-state index in [0.717, 1.165) is 17.5 Å². The summed E-state index contributed by atoms with van der Waals surface area (Å²) in [6, 6.07) is 11.1. The number of halogens is 2. The molecule has 0 spiro atoms. The van der Waals surface area contributed by atoms with Gasteiger partial charge in [0.1, 0.15) is 5.76 Å². The van der Waals surface area contributed by atoms with Crippen molar-refractivity contribution in [2.24, 2.45) is 0 Å². The van der Waals surface area contributed by atoms with Crippen LogP contribution in [0.2, 0.25) is 0 Å². The number of ether oxygens (including phenoxy) is 1. The van der Waals surface area contributed by atoms with Crippen LogP contribution in [0.15, 0.2) is 57.8 Å². The second kappa shape index (κ2) is 8.20. The highest BCUT2D eigenvalue weighted by atomic mass is 32.2. The van der Waals surface area contributed by atoms with Crippen molar-refractivity contribution in [3.05, 3.63) is 59.9 Å². The van der Waals surface area contributed by atoms with Crippen molar-refractivity contribution >= 4 is 26.7 Å². The van der Waals surface area contributed by atoms with Crippen molar-refractivity contribution in [2.75, 3.05) is 6.61 Å². The second-order valence-electron chi connectivity index (χ2n) is 6.28. The topological polar surface area (TPSA) is 85.6 Å². The molecule has 0 radical (unpaired) electrons. The molecule has 1 unspecified atom stereocenters. The normalized spacial score (nSPS) is 12.9. The van der Waals surface area contributed by atoms with Crippen LogP contribution >= 0.6 is 0 Å². The van der Waals surface area contributed by atoms with Crippen molar-refractivity contribution in [1.82, 2.24) is 5.32 Å². The largest absolute Gasteiger partial charge is 0.490 e. The lowest BCUT2D eigenvalue weighted by molar-refractivity contribution is 0.0935. The number of hydrogen-bond acceptors (Lipinski definition) is 5. The van der Waals surface area contributed by atoms with Gasteiger partial charge >= 0.3 is 5.76 Å². The molecule has 1 atom stereocenters. The Bertz CT molecular complexity index is 1120. The van der Waals surface area contributed by atoms with E-state index in [-0.39, 0.29) is 5.56 Å². The Hall–Kier alpha value is -2.94. The minimum absolute atomic E-state index is 0.135. The smallest absolute Gasteiger partial charge is 0.341 e. The molecule has 6 nitrogen and oxygen atoms in total. The molecule has 0 fully saturated rings. The molecule has 9 heteroatoms. The Morgan fingerprint density at radius 1 is 1.17 bits per heavy atom. The number of carbonyl (C=O) groups is 1. The fraction of sp³-hybridized carbons (Fsp3) is 0.250. The van der Waals surface area contributed by atoms with Gasteiger partial charge in [-0.25, -0.2) is 8.42 Å². The van der Waals surface area contributed by atoms with Crippen LogP contribution in [0.25, 0.3) is 11.0 Å². The SMILES string of the molecule is CCOc1cccc2cc(C(C)NC(=O)c3ccc(S(=O)(=O)C(F)F)cc3)oc12. The third-order valence-electron chi connectivity index (χ3n) is 4.28. The molecular formula is C20H19F2NO5S. The van der Waals surface area contributed by atoms with Gasteiger partial charge < -0.3 is 14.5 Å². The van der Waals surface area contributed by atoms with Crippen molar-refractivity contribution in [2.45, 2.75) is 30.5 Å². The summed E-state index contributed by atoms with van der Waals surface area (Å²) in [5.74, 6) is -2.90. The average molecular weight is 423 g/mol. The number of nitrogens with one attached hydrogen (secondary N) is 1. The monoisotopic (exact) mass is 423 g/mol. The number of sulfone groups is 1. The third kappa shape index (κ3) is 4.24. The van der Waals surface area contributed by atoms with Gasteiger partial charge in [0.05, 0.1) is 17.5 Å². The van der Waals surface area contributed by atoms with Crippen LogP contribution in [0, 0.1) is 0 Å². The summed E-state index contributed by atoms with van der Waals surface area (Å²) in [4.78, 5) is 11.9. The zero-order valence-electron chi connectivity index (χ0n) is 15.7. The van der Waals surface area contributed by atoms with Gasteiger partial charge in [-0.2, -0.15) is 8.78 Å². The molecule has 29 heavy (non-hydrogen) atoms. The summed E-state index contributed by atoms with van der Waals surface area (Å²) in [5.41, 5.74) is 0.711. The zero-order chi connectivity index (χ0) is 21.2. The molecule has 154 valence electrons. The Labute approximate surface area is 166 Å². The molecule has 3 rings (SSSR count). The minimum atomic E-state index is -4.70. The maximum atomic E-state index is 12.6. The van der Waals surface area contributed by atoms with Gasteiger partial charge in [-0.05, 0) is 50.2 Å². The number of fused-ring (bicyclic) bond motifs is 1. The van der Waals surface area contributed by atoms with Gasteiger partial charge in [-0.3, -0.25) is 4.79 Å². The van der Waals surface area contributed by atoms with Crippen molar-refractivity contribution < 1.29 is 31.1 Å². The van der Waals surface area contributed by atoms with Gasteiger partial charge in [0, 0.05) is 10.9 Å². The average Bonchev–Trinajstić information content (AvgIpc) is 3.13. The number of para-hydroxylation sites is 1. The van der Waals surface area contributed by atoms with Crippen LogP contribution in [-0.2, 0) is 9.84 Å². The Morgan fingerprint density at radius 3 is 2.48 bits per heavy atom. The standard InChI is InChI=1S/C20H19F2NO5S/c1-3-27-16-6-4-5-14-11-17(28-18(14)16)12(2)23-19(24)13-7-9-15(10-8-13)29(25,26)20(21)22/h4-12,20H,3H2,1-2H3,(H,23,24). The first-order valence-electron chi connectivity index (χ1n) is 8.82. The van der Waals surface area contributed by atoms with Gasteiger partial charge in [0.2, 0.25) is 9.84 Å². The van der Waals surface area contributed by atoms with Crippen molar-refractivity contribution in [1.29, 1.82) is 0 Å². The van der Waals surface area contributed by atoms with E-state index >= 15 is 0 Å². The Kier molecular flexibility index (Phi) is 5.88. The lowest BCUT2D eigenvalue weighted by Gasteiger charge is -2.12. The number of alkyl halides is 2. The van der Waals surface area contributed by atoms with E-state index in [4.69, 9.17) is 9.15 Å². The number of benzene rings is 2. The van der Waals surface area contributed by atoms with E-state index in [1.165, 1.54) is 12.1 Å². The molecule has 0 aliphatic carbocycles. The molecule has 0 saturated carbocycles. The van der Waals surface area contributed by atoms with Gasteiger partial charge in [0.15, 0.2) is 11.3 Å². The summed E-state index contributed by atoms with van der Waals surface area (Å²) in [7, 11) is -4.70. The summed E-state index contributed by atoms with van der Waals surface area (Å²) in [5, 5.41) is 3.56. The maximum Gasteiger partial charge on any atom is 0.341 e. The van der Waals surface area contributed by atoms with E-state index in [1.54, 1.807) is 19.1 Å². The molecule has 3 aromatic rings. The van der Waals surface area contributed by atoms with E-state index < -0.39 is 32.4 Å². The van der Waals surface area contributed by atoms with Crippen LogP contribution in [0.3, 0.4) is 0 Å². The van der Waals surface area contributed by atoms with Crippen LogP contribution in [0.1, 0.15) is 36.0 Å². The van der Waals surface area contributed by atoms with Crippen LogP contribution in [0.4, 0.5) is 8.78 Å². The number of hydrogen-bond donors (Lipinski definition) is 1. The van der Waals surface area contributed by atoms with E-state index in [1.807, 2.05) is 19.1 Å². The van der Waals surface area contributed by atoms with Gasteiger partial charge in [-0.1, -0.05) is 12.1 Å². The highest BCUT2D eigenvalue weighted by Crippen LogP contribution is 2.31. The van der Waals surface area contributed by atoms with Gasteiger partial charge in [-0.15, -0.1) is 0 Å². The molecule has 1 aromatic heterocycles. The molecular weight excluding hydrogens is 404 g/mol. The first-order valence-corrected chi connectivity index (χ1v) is 10.4. The molecule has 1 heterocycles. The molecule has 2 aromatic carbocycles. The highest BCUT2D eigenvalue weighted by molar-refractivity contribution is 7.91. The lowest BCUT2D eigenvalue weighted by Crippen LogP contribution is -2.26. The van der Waals surface area contributed by atoms with Gasteiger partial charge in [0.25, 0.3) is 5.91 Å². The molecule has 1 amide bonds. The van der Waals surface area contributed by atoms with E-state index in [9.17, 15) is 22.0 Å². The maximum absolute atomic E-state index is 12.6. The summed E-state index contributed by atoms with van der Waals surface area (Å²) < 4.78 is 59.5. The first-order chi connectivity index (χ1) is 13.7. The predicted molar refractivity (Wildman–Crippen MR) is 103 cm³/mol. The Balaban J connectivity index is 1.77. The van der Waals surface area contributed by atoms with E-state index in [0.29, 0.717) is 23.7 Å². The van der Waals surface area contributed by atoms with Crippen LogP contribution in [-0.4, -0.2) is 26.7 Å². The Morgan fingerprint density at radius 2 is 1.86 bits per heavy atom. The second-order valence-corrected chi connectivity index (χ2v) is 8.20. The van der Waals surface area contributed by atoms with Crippen LogP contribution < -0.4 is 10.1 Å². The number of furan rings is 1. The molecule has 1 N–H and O–H groups in total. The van der Waals surface area contributed by atoms with Crippen molar-refractivity contribution in [3.63, 3.8) is 0 Å². The minimum Gasteiger partial charge on any atom is -0.490 e. The fourth-order valence-electron chi connectivity index (χ4n) is 2.79. The number of amides is 1. The lowest BCUT2D eigenvalue weighted by atomic mass is 10.1. The highest BCUT2D eigenvalue weighted by Gasteiger charge is 2.26. The number of carbonyl (C=O) groups excluding carboxylic acids is 1. The molecule has 0 bridgehead atoms. The van der Waals surface area contributed by atoms with Crippen molar-refractivity contribution in [3.8, 4) is 5.75 Å². The third-order valence-corrected chi connectivity index (χ3v) is 5.68. The molecule has 0 aliphatic heterocycles.